The third-order valence-corrected chi connectivity index (χ3v) is 8.34. The number of nitrogens with one attached hydrogen (secondary N) is 2. The topological polar surface area (TPSA) is 175 Å². The molecule has 35 heavy (non-hydrogen) atoms. The second-order valence-electron chi connectivity index (χ2n) is 7.23. The van der Waals surface area contributed by atoms with E-state index in [-0.39, 0.29) is 25.9 Å². The predicted octanol–water partition coefficient (Wildman–Crippen LogP) is 4.14. The standard InChI is InChI=1S/C21H17N7O5S2/c1-32-14-7-12-13(8-15(14)33-2)24-18-17(12)19(26-20(22)25-18)27-21-23-9-16(34-21)35(30,31)11-5-3-10(28-29)4-6-11/h3-9H,1-2H3,(H4,22,23,24,25,26,27). The van der Waals surface area contributed by atoms with Gasteiger partial charge >= 0.3 is 0 Å². The van der Waals surface area contributed by atoms with Crippen LogP contribution in [-0.2, 0) is 9.84 Å². The summed E-state index contributed by atoms with van der Waals surface area (Å²) in [5.41, 5.74) is 7.24. The second-order valence-corrected chi connectivity index (χ2v) is 10.4. The average Bonchev–Trinajstić information content (AvgIpc) is 3.47. The van der Waals surface area contributed by atoms with Crippen molar-refractivity contribution in [2.75, 3.05) is 25.3 Å². The lowest BCUT2D eigenvalue weighted by Gasteiger charge is -2.08. The van der Waals surface area contributed by atoms with Crippen molar-refractivity contribution in [3.63, 3.8) is 0 Å². The number of thiazole rings is 1. The highest BCUT2D eigenvalue weighted by Crippen LogP contribution is 2.39. The lowest BCUT2D eigenvalue weighted by molar-refractivity contribution is 0.356. The summed E-state index contributed by atoms with van der Waals surface area (Å²) in [4.78, 5) is 26.6. The van der Waals surface area contributed by atoms with Crippen molar-refractivity contribution in [1.82, 2.24) is 19.9 Å². The molecule has 0 saturated heterocycles. The van der Waals surface area contributed by atoms with Gasteiger partial charge in [-0.05, 0) is 35.5 Å². The minimum atomic E-state index is -3.85. The van der Waals surface area contributed by atoms with Gasteiger partial charge < -0.3 is 25.5 Å². The Labute approximate surface area is 202 Å². The van der Waals surface area contributed by atoms with E-state index in [1.54, 1.807) is 19.2 Å². The Kier molecular flexibility index (Phi) is 5.45. The van der Waals surface area contributed by atoms with Crippen molar-refractivity contribution in [2.24, 2.45) is 5.18 Å². The van der Waals surface area contributed by atoms with Crippen LogP contribution >= 0.6 is 11.3 Å². The minimum absolute atomic E-state index is 0.00964. The average molecular weight is 512 g/mol. The van der Waals surface area contributed by atoms with E-state index in [9.17, 15) is 13.3 Å². The zero-order chi connectivity index (χ0) is 24.7. The number of sulfone groups is 1. The SMILES string of the molecule is COc1cc2[nH]c3nc(N)nc(Nc4ncc(S(=O)(=O)c5ccc(N=O)cc5)s4)c3c2cc1OC. The fourth-order valence-corrected chi connectivity index (χ4v) is 6.01. The zero-order valence-corrected chi connectivity index (χ0v) is 19.9. The minimum Gasteiger partial charge on any atom is -0.493 e. The molecule has 5 aromatic rings. The normalized spacial score (nSPS) is 11.6. The highest BCUT2D eigenvalue weighted by Gasteiger charge is 2.22. The van der Waals surface area contributed by atoms with Crippen LogP contribution in [0.2, 0.25) is 0 Å². The third kappa shape index (κ3) is 3.87. The quantitative estimate of drug-likeness (QED) is 0.269. The van der Waals surface area contributed by atoms with Crippen molar-refractivity contribution in [2.45, 2.75) is 9.10 Å². The molecule has 0 fully saturated rings. The Hall–Kier alpha value is -4.30. The molecule has 0 spiro atoms. The van der Waals surface area contributed by atoms with Crippen LogP contribution in [-0.4, -0.2) is 42.6 Å². The number of nitrogens with zero attached hydrogens (tertiary/aromatic N) is 4. The number of fused-ring (bicyclic) bond motifs is 3. The van der Waals surface area contributed by atoms with Gasteiger partial charge in [0.25, 0.3) is 0 Å². The van der Waals surface area contributed by atoms with Crippen LogP contribution in [0.5, 0.6) is 11.5 Å². The summed E-state index contributed by atoms with van der Waals surface area (Å²) >= 11 is 0.924. The molecule has 3 heterocycles. The Morgan fingerprint density at radius 2 is 1.80 bits per heavy atom. The number of hydrogen-bond donors (Lipinski definition) is 3. The van der Waals surface area contributed by atoms with Crippen LogP contribution in [0.15, 0.2) is 56.9 Å². The summed E-state index contributed by atoms with van der Waals surface area (Å²) in [5, 5.41) is 7.48. The number of methoxy groups -OCH3 is 2. The fourth-order valence-electron chi connectivity index (χ4n) is 3.58. The molecule has 2 aromatic carbocycles. The molecule has 0 aliphatic carbocycles. The molecule has 3 aromatic heterocycles. The van der Waals surface area contributed by atoms with E-state index in [1.165, 1.54) is 37.6 Å². The van der Waals surface area contributed by atoms with Crippen molar-refractivity contribution in [3.8, 4) is 11.5 Å². The van der Waals surface area contributed by atoms with Gasteiger partial charge in [0.05, 0.1) is 36.2 Å². The van der Waals surface area contributed by atoms with Crippen molar-refractivity contribution in [1.29, 1.82) is 0 Å². The van der Waals surface area contributed by atoms with Gasteiger partial charge in [0.15, 0.2) is 16.6 Å². The molecule has 0 atom stereocenters. The van der Waals surface area contributed by atoms with Crippen molar-refractivity contribution < 1.29 is 17.9 Å². The maximum Gasteiger partial charge on any atom is 0.224 e. The molecule has 0 amide bonds. The van der Waals surface area contributed by atoms with Crippen LogP contribution in [0.4, 0.5) is 22.6 Å². The summed E-state index contributed by atoms with van der Waals surface area (Å²) in [5.74, 6) is 1.40. The van der Waals surface area contributed by atoms with E-state index in [2.05, 4.69) is 30.4 Å². The Balaban J connectivity index is 1.56. The van der Waals surface area contributed by atoms with Gasteiger partial charge in [0.2, 0.25) is 15.8 Å². The first-order valence-electron chi connectivity index (χ1n) is 9.96. The van der Waals surface area contributed by atoms with Gasteiger partial charge in [-0.2, -0.15) is 9.97 Å². The second kappa shape index (κ2) is 8.48. The number of nitrogen functional groups attached to an aromatic ring is 1. The highest BCUT2D eigenvalue weighted by molar-refractivity contribution is 7.93. The van der Waals surface area contributed by atoms with Gasteiger partial charge in [0.1, 0.15) is 21.4 Å². The smallest absolute Gasteiger partial charge is 0.224 e. The number of anilines is 3. The lowest BCUT2D eigenvalue weighted by atomic mass is 10.2. The molecule has 0 aliphatic rings. The molecular formula is C21H17N7O5S2. The summed E-state index contributed by atoms with van der Waals surface area (Å²) in [6.07, 6.45) is 1.25. The zero-order valence-electron chi connectivity index (χ0n) is 18.3. The summed E-state index contributed by atoms with van der Waals surface area (Å²) in [6, 6.07) is 8.87. The van der Waals surface area contributed by atoms with E-state index in [4.69, 9.17) is 15.2 Å². The number of H-pyrrole nitrogens is 1. The number of ether oxygens (including phenoxy) is 2. The molecule has 178 valence electrons. The number of aromatic nitrogens is 4. The number of nitroso groups, excluding NO2 is 1. The molecule has 0 radical (unpaired) electrons. The van der Waals surface area contributed by atoms with E-state index in [0.717, 1.165) is 22.2 Å². The van der Waals surface area contributed by atoms with Gasteiger partial charge in [0, 0.05) is 11.5 Å². The van der Waals surface area contributed by atoms with Crippen LogP contribution in [0.1, 0.15) is 0 Å². The fraction of sp³-hybridized carbons (Fsp3) is 0.0952. The maximum absolute atomic E-state index is 13.0. The van der Waals surface area contributed by atoms with E-state index < -0.39 is 9.84 Å². The number of benzene rings is 2. The monoisotopic (exact) mass is 511 g/mol. The number of hydrogen-bond acceptors (Lipinski definition) is 12. The van der Waals surface area contributed by atoms with Gasteiger partial charge in [-0.15, -0.1) is 4.91 Å². The molecule has 5 rings (SSSR count). The van der Waals surface area contributed by atoms with E-state index in [0.29, 0.717) is 28.4 Å². The van der Waals surface area contributed by atoms with Crippen molar-refractivity contribution >= 4 is 65.7 Å². The van der Waals surface area contributed by atoms with Gasteiger partial charge in [-0.25, -0.2) is 13.4 Å². The first-order chi connectivity index (χ1) is 16.8. The molecule has 0 bridgehead atoms. The van der Waals surface area contributed by atoms with Crippen LogP contribution < -0.4 is 20.5 Å². The molecular weight excluding hydrogens is 494 g/mol. The number of nitrogens with two attached hydrogens (primary N) is 1. The first kappa shape index (κ1) is 22.5. The van der Waals surface area contributed by atoms with Crippen LogP contribution in [0.3, 0.4) is 0 Å². The van der Waals surface area contributed by atoms with E-state index in [1.807, 2.05) is 0 Å². The van der Waals surface area contributed by atoms with Gasteiger partial charge in [-0.1, -0.05) is 11.3 Å². The number of rotatable bonds is 7. The third-order valence-electron chi connectivity index (χ3n) is 5.20. The van der Waals surface area contributed by atoms with Crippen molar-refractivity contribution in [3.05, 3.63) is 47.5 Å². The molecule has 0 unspecified atom stereocenters. The predicted molar refractivity (Wildman–Crippen MR) is 132 cm³/mol. The highest BCUT2D eigenvalue weighted by atomic mass is 32.2. The molecule has 12 nitrogen and oxygen atoms in total. The number of aromatic amines is 1. The Bertz CT molecular complexity index is 1700. The lowest BCUT2D eigenvalue weighted by Crippen LogP contribution is -2.00. The molecule has 4 N–H and O–H groups in total. The molecule has 14 heteroatoms. The van der Waals surface area contributed by atoms with Crippen LogP contribution in [0, 0.1) is 4.91 Å². The van der Waals surface area contributed by atoms with E-state index >= 15 is 0 Å². The Morgan fingerprint density at radius 1 is 1.09 bits per heavy atom. The van der Waals surface area contributed by atoms with Crippen LogP contribution in [0.25, 0.3) is 21.9 Å². The molecule has 0 aliphatic heterocycles. The first-order valence-corrected chi connectivity index (χ1v) is 12.3. The summed E-state index contributed by atoms with van der Waals surface area (Å²) < 4.78 is 36.8. The maximum atomic E-state index is 13.0. The summed E-state index contributed by atoms with van der Waals surface area (Å²) in [6.45, 7) is 0. The Morgan fingerprint density at radius 3 is 2.49 bits per heavy atom. The molecule has 0 saturated carbocycles. The van der Waals surface area contributed by atoms with Gasteiger partial charge in [-0.3, -0.25) is 0 Å². The summed E-state index contributed by atoms with van der Waals surface area (Å²) in [7, 11) is -0.773. The largest absolute Gasteiger partial charge is 0.493 e.